The summed E-state index contributed by atoms with van der Waals surface area (Å²) in [6.07, 6.45) is 0.640. The highest BCUT2D eigenvalue weighted by Gasteiger charge is 2.41. The zero-order chi connectivity index (χ0) is 17.0. The first-order valence-corrected chi connectivity index (χ1v) is 9.12. The van der Waals surface area contributed by atoms with Crippen LogP contribution in [0.2, 0.25) is 0 Å². The van der Waals surface area contributed by atoms with E-state index in [1.807, 2.05) is 34.6 Å². The largest absolute Gasteiger partial charge is 0.378 e. The smallest absolute Gasteiger partial charge is 0.235 e. The quantitative estimate of drug-likeness (QED) is 0.675. The second-order valence-electron chi connectivity index (χ2n) is 7.30. The molecule has 1 heterocycles. The Labute approximate surface area is 133 Å². The lowest BCUT2D eigenvalue weighted by Crippen LogP contribution is -2.50. The molecule has 1 aliphatic rings. The van der Waals surface area contributed by atoms with Crippen LogP contribution in [0.3, 0.4) is 0 Å². The number of carbonyl (C=O) groups is 1. The second kappa shape index (κ2) is 7.25. The van der Waals surface area contributed by atoms with Gasteiger partial charge in [-0.05, 0) is 19.3 Å². The van der Waals surface area contributed by atoms with Crippen molar-refractivity contribution >= 4 is 15.9 Å². The van der Waals surface area contributed by atoms with Crippen molar-refractivity contribution in [3.63, 3.8) is 0 Å². The highest BCUT2D eigenvalue weighted by Crippen LogP contribution is 2.26. The summed E-state index contributed by atoms with van der Waals surface area (Å²) in [6, 6.07) is 0. The third-order valence-electron chi connectivity index (χ3n) is 3.04. The predicted octanol–water partition coefficient (Wildman–Crippen LogP) is 0.957. The summed E-state index contributed by atoms with van der Waals surface area (Å²) in [5.74, 6) is -0.605. The van der Waals surface area contributed by atoms with Crippen molar-refractivity contribution in [1.29, 1.82) is 0 Å². The monoisotopic (exact) mass is 336 g/mol. The third-order valence-corrected chi connectivity index (χ3v) is 4.36. The molecule has 1 unspecified atom stereocenters. The van der Waals surface area contributed by atoms with Crippen LogP contribution in [0.25, 0.3) is 0 Å². The summed E-state index contributed by atoms with van der Waals surface area (Å²) in [5.41, 5.74) is 1.19. The van der Waals surface area contributed by atoms with E-state index in [1.165, 1.54) is 0 Å². The Morgan fingerprint density at radius 3 is 2.45 bits per heavy atom. The summed E-state index contributed by atoms with van der Waals surface area (Å²) in [6.45, 7) is 10.1. The van der Waals surface area contributed by atoms with Gasteiger partial charge in [-0.15, -0.1) is 4.83 Å². The number of hydrazine groups is 1. The average Bonchev–Trinajstić information content (AvgIpc) is 2.70. The summed E-state index contributed by atoms with van der Waals surface area (Å²) < 4.78 is 35.4. The highest BCUT2D eigenvalue weighted by molar-refractivity contribution is 7.89. The molecule has 0 bridgehead atoms. The number of sulfonamides is 1. The first-order chi connectivity index (χ1) is 9.93. The van der Waals surface area contributed by atoms with Gasteiger partial charge < -0.3 is 9.47 Å². The molecule has 0 aromatic heterocycles. The van der Waals surface area contributed by atoms with Crippen molar-refractivity contribution in [3.05, 3.63) is 0 Å². The Kier molecular flexibility index (Phi) is 6.37. The number of carbonyl (C=O) groups excluding carboxylic acids is 1. The minimum absolute atomic E-state index is 0.104. The maximum atomic E-state index is 12.2. The Morgan fingerprint density at radius 2 is 2.00 bits per heavy atom. The van der Waals surface area contributed by atoms with Crippen molar-refractivity contribution in [2.24, 2.45) is 5.41 Å². The maximum absolute atomic E-state index is 12.2. The first-order valence-electron chi connectivity index (χ1n) is 7.47. The van der Waals surface area contributed by atoms with Gasteiger partial charge in [0.2, 0.25) is 15.9 Å². The van der Waals surface area contributed by atoms with E-state index in [0.717, 1.165) is 0 Å². The van der Waals surface area contributed by atoms with Crippen LogP contribution >= 0.6 is 0 Å². The molecule has 8 heteroatoms. The SMILES string of the molecule is CC(C)OC1(CS(=O)(=O)NNC(=O)CC(C)(C)C)CCOC1. The van der Waals surface area contributed by atoms with Gasteiger partial charge in [-0.25, -0.2) is 8.42 Å². The molecule has 0 saturated carbocycles. The van der Waals surface area contributed by atoms with Gasteiger partial charge in [-0.2, -0.15) is 0 Å². The summed E-state index contributed by atoms with van der Waals surface area (Å²) >= 11 is 0. The van der Waals surface area contributed by atoms with Crippen LogP contribution in [0.4, 0.5) is 0 Å². The molecule has 1 saturated heterocycles. The molecule has 1 atom stereocenters. The first kappa shape index (κ1) is 19.3. The Hall–Kier alpha value is -0.700. The fraction of sp³-hybridized carbons (Fsp3) is 0.929. The van der Waals surface area contributed by atoms with Crippen LogP contribution < -0.4 is 10.3 Å². The van der Waals surface area contributed by atoms with Crippen LogP contribution in [0.1, 0.15) is 47.5 Å². The molecule has 0 aromatic carbocycles. The molecule has 1 aliphatic heterocycles. The van der Waals surface area contributed by atoms with Crippen molar-refractivity contribution < 1.29 is 22.7 Å². The van der Waals surface area contributed by atoms with Gasteiger partial charge in [-0.1, -0.05) is 20.8 Å². The van der Waals surface area contributed by atoms with E-state index in [0.29, 0.717) is 13.0 Å². The van der Waals surface area contributed by atoms with Crippen molar-refractivity contribution in [2.75, 3.05) is 19.0 Å². The summed E-state index contributed by atoms with van der Waals surface area (Å²) in [5, 5.41) is 0. The fourth-order valence-corrected chi connectivity index (χ4v) is 3.70. The van der Waals surface area contributed by atoms with Crippen molar-refractivity contribution in [1.82, 2.24) is 10.3 Å². The summed E-state index contributed by atoms with van der Waals surface area (Å²) in [4.78, 5) is 13.8. The van der Waals surface area contributed by atoms with Crippen molar-refractivity contribution in [3.8, 4) is 0 Å². The van der Waals surface area contributed by atoms with Gasteiger partial charge in [0.1, 0.15) is 5.60 Å². The van der Waals surface area contributed by atoms with E-state index in [9.17, 15) is 13.2 Å². The van der Waals surface area contributed by atoms with Crippen LogP contribution in [0.15, 0.2) is 0 Å². The van der Waals surface area contributed by atoms with Crippen LogP contribution in [0.5, 0.6) is 0 Å². The maximum Gasteiger partial charge on any atom is 0.235 e. The van der Waals surface area contributed by atoms with Gasteiger partial charge >= 0.3 is 0 Å². The number of ether oxygens (including phenoxy) is 2. The number of rotatable bonds is 7. The molecule has 1 rings (SSSR count). The van der Waals surface area contributed by atoms with Crippen LogP contribution in [0, 0.1) is 5.41 Å². The molecule has 22 heavy (non-hydrogen) atoms. The molecule has 0 spiro atoms. The molecule has 7 nitrogen and oxygen atoms in total. The molecule has 0 aromatic rings. The minimum atomic E-state index is -3.71. The van der Waals surface area contributed by atoms with E-state index in [2.05, 4.69) is 10.3 Å². The van der Waals surface area contributed by atoms with E-state index in [1.54, 1.807) is 0 Å². The van der Waals surface area contributed by atoms with Crippen molar-refractivity contribution in [2.45, 2.75) is 59.2 Å². The lowest BCUT2D eigenvalue weighted by molar-refractivity contribution is -0.123. The Bertz CT molecular complexity index is 476. The number of hydrogen-bond acceptors (Lipinski definition) is 5. The van der Waals surface area contributed by atoms with Gasteiger partial charge in [0.15, 0.2) is 0 Å². The molecule has 0 aliphatic carbocycles. The topological polar surface area (TPSA) is 93.7 Å². The molecule has 2 N–H and O–H groups in total. The minimum Gasteiger partial charge on any atom is -0.378 e. The highest BCUT2D eigenvalue weighted by atomic mass is 32.2. The predicted molar refractivity (Wildman–Crippen MR) is 83.5 cm³/mol. The van der Waals surface area contributed by atoms with E-state index in [-0.39, 0.29) is 36.2 Å². The van der Waals surface area contributed by atoms with Gasteiger partial charge in [0.05, 0.1) is 18.5 Å². The average molecular weight is 336 g/mol. The fourth-order valence-electron chi connectivity index (χ4n) is 2.37. The Balaban J connectivity index is 2.60. The van der Waals surface area contributed by atoms with Crippen LogP contribution in [-0.2, 0) is 24.3 Å². The Morgan fingerprint density at radius 1 is 1.36 bits per heavy atom. The molecule has 0 radical (unpaired) electrons. The third kappa shape index (κ3) is 7.04. The normalized spacial score (nSPS) is 23.0. The molecule has 1 amide bonds. The number of amides is 1. The second-order valence-corrected chi connectivity index (χ2v) is 9.02. The molecular formula is C14H28N2O5S. The van der Waals surface area contributed by atoms with E-state index in [4.69, 9.17) is 9.47 Å². The molecule has 130 valence electrons. The lowest BCUT2D eigenvalue weighted by atomic mass is 9.92. The van der Waals surface area contributed by atoms with Gasteiger partial charge in [0, 0.05) is 19.4 Å². The number of hydrogen-bond donors (Lipinski definition) is 2. The zero-order valence-electron chi connectivity index (χ0n) is 14.1. The van der Waals surface area contributed by atoms with Crippen LogP contribution in [-0.4, -0.2) is 45.0 Å². The summed E-state index contributed by atoms with van der Waals surface area (Å²) in [7, 11) is -3.71. The van der Waals surface area contributed by atoms with Gasteiger partial charge in [-0.3, -0.25) is 10.2 Å². The molecular weight excluding hydrogens is 308 g/mol. The standard InChI is InChI=1S/C14H28N2O5S/c1-11(2)21-14(6-7-20-9-14)10-22(18,19)16-15-12(17)8-13(3,4)5/h11,16H,6-10H2,1-5H3,(H,15,17). The molecule has 1 fully saturated rings. The lowest BCUT2D eigenvalue weighted by Gasteiger charge is -2.29. The van der Waals surface area contributed by atoms with E-state index >= 15 is 0 Å². The number of nitrogens with one attached hydrogen (secondary N) is 2. The zero-order valence-corrected chi connectivity index (χ0v) is 14.9. The van der Waals surface area contributed by atoms with E-state index < -0.39 is 15.6 Å². The van der Waals surface area contributed by atoms with Gasteiger partial charge in [0.25, 0.3) is 0 Å².